The van der Waals surface area contributed by atoms with Crippen molar-refractivity contribution in [3.8, 4) is 0 Å². The van der Waals surface area contributed by atoms with Gasteiger partial charge in [-0.25, -0.2) is 4.79 Å². The van der Waals surface area contributed by atoms with E-state index in [4.69, 9.17) is 5.11 Å². The van der Waals surface area contributed by atoms with Gasteiger partial charge in [-0.15, -0.1) is 0 Å². The first kappa shape index (κ1) is 6.33. The number of carbonyl (C=O) groups is 1. The Bertz CT molecular complexity index is 166. The predicted molar refractivity (Wildman–Crippen MR) is 34.1 cm³/mol. The molecule has 50 valence electrons. The van der Waals surface area contributed by atoms with Crippen molar-refractivity contribution in [3.05, 3.63) is 12.2 Å². The van der Waals surface area contributed by atoms with Gasteiger partial charge in [0.25, 0.3) is 0 Å². The molecule has 0 radical (unpaired) electrons. The molecule has 9 heavy (non-hydrogen) atoms. The number of rotatable bonds is 2. The Kier molecular flexibility index (Phi) is 1.12. The number of carboxylic acid groups (broad SMARTS) is 1. The van der Waals surface area contributed by atoms with Crippen LogP contribution in [-0.4, -0.2) is 11.1 Å². The van der Waals surface area contributed by atoms with Crippen LogP contribution in [0.15, 0.2) is 12.2 Å². The van der Waals surface area contributed by atoms with E-state index in [9.17, 15) is 4.79 Å². The Hall–Kier alpha value is -0.790. The highest BCUT2D eigenvalue weighted by Gasteiger charge is 2.42. The van der Waals surface area contributed by atoms with Crippen LogP contribution in [0.4, 0.5) is 0 Å². The molecule has 2 heteroatoms. The van der Waals surface area contributed by atoms with Crippen LogP contribution < -0.4 is 0 Å². The summed E-state index contributed by atoms with van der Waals surface area (Å²) < 4.78 is 0. The first-order valence-corrected chi connectivity index (χ1v) is 2.99. The molecule has 1 aliphatic carbocycles. The minimum atomic E-state index is -0.852. The zero-order chi connectivity index (χ0) is 7.07. The van der Waals surface area contributed by atoms with Gasteiger partial charge >= 0.3 is 5.97 Å². The second-order valence-electron chi connectivity index (χ2n) is 2.84. The summed E-state index contributed by atoms with van der Waals surface area (Å²) >= 11 is 0. The van der Waals surface area contributed by atoms with E-state index >= 15 is 0 Å². The van der Waals surface area contributed by atoms with Gasteiger partial charge in [0.15, 0.2) is 0 Å². The summed E-state index contributed by atoms with van der Waals surface area (Å²) in [6.45, 7) is 5.42. The van der Waals surface area contributed by atoms with E-state index in [1.807, 2.05) is 6.92 Å². The molecule has 0 saturated heterocycles. The van der Waals surface area contributed by atoms with Crippen molar-refractivity contribution in [1.82, 2.24) is 0 Å². The molecule has 0 aromatic rings. The molecule has 0 amide bonds. The SMILES string of the molecule is C=C(C(=O)O)C1(C)CC1. The molecule has 0 aromatic heterocycles. The fourth-order valence-corrected chi connectivity index (χ4v) is 0.747. The van der Waals surface area contributed by atoms with Gasteiger partial charge in [-0.2, -0.15) is 0 Å². The van der Waals surface area contributed by atoms with Gasteiger partial charge in [0.1, 0.15) is 0 Å². The van der Waals surface area contributed by atoms with Crippen LogP contribution in [0.2, 0.25) is 0 Å². The van der Waals surface area contributed by atoms with Gasteiger partial charge in [0, 0.05) is 5.57 Å². The summed E-state index contributed by atoms with van der Waals surface area (Å²) in [6.07, 6.45) is 1.97. The maximum atomic E-state index is 10.3. The van der Waals surface area contributed by atoms with Crippen molar-refractivity contribution in [2.75, 3.05) is 0 Å². The van der Waals surface area contributed by atoms with Crippen LogP contribution in [0.3, 0.4) is 0 Å². The first-order valence-electron chi connectivity index (χ1n) is 2.99. The molecule has 0 spiro atoms. The highest BCUT2D eigenvalue weighted by atomic mass is 16.4. The lowest BCUT2D eigenvalue weighted by atomic mass is 10.0. The van der Waals surface area contributed by atoms with Gasteiger partial charge < -0.3 is 5.11 Å². The Morgan fingerprint density at radius 2 is 2.11 bits per heavy atom. The fraction of sp³-hybridized carbons (Fsp3) is 0.571. The molecule has 1 rings (SSSR count). The van der Waals surface area contributed by atoms with Crippen molar-refractivity contribution in [3.63, 3.8) is 0 Å². The molecule has 0 aliphatic heterocycles. The van der Waals surface area contributed by atoms with E-state index < -0.39 is 5.97 Å². The summed E-state index contributed by atoms with van der Waals surface area (Å²) in [6, 6.07) is 0. The van der Waals surface area contributed by atoms with Crippen LogP contribution in [0.25, 0.3) is 0 Å². The number of carboxylic acids is 1. The van der Waals surface area contributed by atoms with Crippen molar-refractivity contribution in [2.45, 2.75) is 19.8 Å². The molecule has 1 saturated carbocycles. The van der Waals surface area contributed by atoms with Crippen LogP contribution >= 0.6 is 0 Å². The van der Waals surface area contributed by atoms with Crippen molar-refractivity contribution in [1.29, 1.82) is 0 Å². The molecular weight excluding hydrogens is 116 g/mol. The van der Waals surface area contributed by atoms with Crippen LogP contribution in [0, 0.1) is 5.41 Å². The Morgan fingerprint density at radius 1 is 1.67 bits per heavy atom. The monoisotopic (exact) mass is 126 g/mol. The van der Waals surface area contributed by atoms with E-state index in [0.717, 1.165) is 12.8 Å². The number of hydrogen-bond donors (Lipinski definition) is 1. The summed E-state index contributed by atoms with van der Waals surface area (Å²) in [5.41, 5.74) is 0.300. The summed E-state index contributed by atoms with van der Waals surface area (Å²) in [7, 11) is 0. The van der Waals surface area contributed by atoms with E-state index in [2.05, 4.69) is 6.58 Å². The largest absolute Gasteiger partial charge is 0.478 e. The molecule has 1 aliphatic rings. The van der Waals surface area contributed by atoms with E-state index in [0.29, 0.717) is 5.57 Å². The molecule has 0 unspecified atom stereocenters. The molecule has 2 nitrogen and oxygen atoms in total. The van der Waals surface area contributed by atoms with Gasteiger partial charge in [-0.05, 0) is 18.3 Å². The van der Waals surface area contributed by atoms with Crippen LogP contribution in [0.5, 0.6) is 0 Å². The third-order valence-corrected chi connectivity index (χ3v) is 1.99. The lowest BCUT2D eigenvalue weighted by Crippen LogP contribution is -2.08. The predicted octanol–water partition coefficient (Wildman–Crippen LogP) is 1.43. The average Bonchev–Trinajstić information content (AvgIpc) is 2.47. The third kappa shape index (κ3) is 0.969. The highest BCUT2D eigenvalue weighted by Crippen LogP contribution is 2.50. The molecule has 1 N–H and O–H groups in total. The van der Waals surface area contributed by atoms with Crippen molar-refractivity contribution >= 4 is 5.97 Å². The third-order valence-electron chi connectivity index (χ3n) is 1.99. The normalized spacial score (nSPS) is 21.0. The Labute approximate surface area is 54.2 Å². The Balaban J connectivity index is 2.63. The Morgan fingerprint density at radius 3 is 2.22 bits per heavy atom. The van der Waals surface area contributed by atoms with Crippen LogP contribution in [0.1, 0.15) is 19.8 Å². The zero-order valence-electron chi connectivity index (χ0n) is 5.48. The lowest BCUT2D eigenvalue weighted by molar-refractivity contribution is -0.133. The quantitative estimate of drug-likeness (QED) is 0.568. The number of hydrogen-bond acceptors (Lipinski definition) is 1. The van der Waals surface area contributed by atoms with Gasteiger partial charge in [0.2, 0.25) is 0 Å². The second kappa shape index (κ2) is 1.59. The average molecular weight is 126 g/mol. The molecule has 0 bridgehead atoms. The van der Waals surface area contributed by atoms with Gasteiger partial charge in [0.05, 0.1) is 0 Å². The number of aliphatic carboxylic acids is 1. The molecule has 0 aromatic carbocycles. The van der Waals surface area contributed by atoms with Crippen molar-refractivity contribution < 1.29 is 9.90 Å². The smallest absolute Gasteiger partial charge is 0.331 e. The highest BCUT2D eigenvalue weighted by molar-refractivity contribution is 5.88. The van der Waals surface area contributed by atoms with E-state index in [1.165, 1.54) is 0 Å². The molecular formula is C7H10O2. The minimum Gasteiger partial charge on any atom is -0.478 e. The molecule has 0 atom stereocenters. The summed E-state index contributed by atoms with van der Waals surface area (Å²) in [5.74, 6) is -0.852. The first-order chi connectivity index (χ1) is 4.06. The lowest BCUT2D eigenvalue weighted by Gasteiger charge is -2.04. The zero-order valence-corrected chi connectivity index (χ0v) is 5.48. The molecule has 0 heterocycles. The van der Waals surface area contributed by atoms with Crippen LogP contribution in [-0.2, 0) is 4.79 Å². The second-order valence-corrected chi connectivity index (χ2v) is 2.84. The van der Waals surface area contributed by atoms with Gasteiger partial charge in [-0.1, -0.05) is 13.5 Å². The topological polar surface area (TPSA) is 37.3 Å². The fourth-order valence-electron chi connectivity index (χ4n) is 0.747. The molecule has 1 fully saturated rings. The summed E-state index contributed by atoms with van der Waals surface area (Å²) in [5, 5.41) is 8.46. The van der Waals surface area contributed by atoms with E-state index in [1.54, 1.807) is 0 Å². The maximum Gasteiger partial charge on any atom is 0.331 e. The van der Waals surface area contributed by atoms with Crippen molar-refractivity contribution in [2.24, 2.45) is 5.41 Å². The standard InChI is InChI=1S/C7H10O2/c1-5(6(8)9)7(2)3-4-7/h1,3-4H2,2H3,(H,8,9). The minimum absolute atomic E-state index is 0.0637. The van der Waals surface area contributed by atoms with E-state index in [-0.39, 0.29) is 5.41 Å². The van der Waals surface area contributed by atoms with Gasteiger partial charge in [-0.3, -0.25) is 0 Å². The summed E-state index contributed by atoms with van der Waals surface area (Å²) in [4.78, 5) is 10.3. The maximum absolute atomic E-state index is 10.3.